The zero-order chi connectivity index (χ0) is 25.4. The van der Waals surface area contributed by atoms with Crippen molar-refractivity contribution < 1.29 is 21.9 Å². The summed E-state index contributed by atoms with van der Waals surface area (Å²) in [6.45, 7) is 1.79. The molecule has 11 heteroatoms. The minimum absolute atomic E-state index is 0.0775. The molecule has 3 aromatic carbocycles. The third-order valence-corrected chi connectivity index (χ3v) is 7.21. The number of benzene rings is 3. The standard InChI is InChI=1S/C25H17BrF2N4O3S/c1-15-29-30-25-10-5-16(14-32(15)25)21-13-19(31-36(33,34)20-4-2-3-17(26)11-20)7-9-23(21)35-24-8-6-18(27)12-22(24)28/h2-14,31H,1H3. The Balaban J connectivity index is 1.60. The summed E-state index contributed by atoms with van der Waals surface area (Å²) in [7, 11) is -3.90. The van der Waals surface area contributed by atoms with E-state index in [-0.39, 0.29) is 22.1 Å². The van der Waals surface area contributed by atoms with Gasteiger partial charge in [-0.05, 0) is 67.6 Å². The van der Waals surface area contributed by atoms with Crippen LogP contribution in [0.4, 0.5) is 14.5 Å². The molecular weight excluding hydrogens is 554 g/mol. The van der Waals surface area contributed by atoms with Crippen molar-refractivity contribution >= 4 is 37.3 Å². The summed E-state index contributed by atoms with van der Waals surface area (Å²) in [5.41, 5.74) is 1.97. The van der Waals surface area contributed by atoms with Crippen LogP contribution in [-0.4, -0.2) is 23.0 Å². The van der Waals surface area contributed by atoms with Crippen LogP contribution in [0.25, 0.3) is 16.8 Å². The summed E-state index contributed by atoms with van der Waals surface area (Å²) in [6.07, 6.45) is 1.76. The highest BCUT2D eigenvalue weighted by molar-refractivity contribution is 9.10. The number of hydrogen-bond acceptors (Lipinski definition) is 5. The summed E-state index contributed by atoms with van der Waals surface area (Å²) in [5.74, 6) is -0.903. The Morgan fingerprint density at radius 2 is 1.75 bits per heavy atom. The molecule has 0 fully saturated rings. The molecule has 7 nitrogen and oxygen atoms in total. The highest BCUT2D eigenvalue weighted by Gasteiger charge is 2.18. The van der Waals surface area contributed by atoms with Crippen molar-refractivity contribution in [2.75, 3.05) is 4.72 Å². The molecule has 0 unspecified atom stereocenters. The second-order valence-electron chi connectivity index (χ2n) is 7.84. The van der Waals surface area contributed by atoms with E-state index in [1.807, 2.05) is 0 Å². The van der Waals surface area contributed by atoms with Crippen molar-refractivity contribution in [2.45, 2.75) is 11.8 Å². The zero-order valence-corrected chi connectivity index (χ0v) is 21.0. The lowest BCUT2D eigenvalue weighted by molar-refractivity contribution is 0.439. The average Bonchev–Trinajstić information content (AvgIpc) is 3.21. The van der Waals surface area contributed by atoms with E-state index < -0.39 is 21.7 Å². The van der Waals surface area contributed by atoms with Gasteiger partial charge in [0.05, 0.1) is 4.90 Å². The summed E-state index contributed by atoms with van der Waals surface area (Å²) >= 11 is 3.28. The van der Waals surface area contributed by atoms with E-state index in [0.717, 1.165) is 12.1 Å². The number of aromatic nitrogens is 3. The van der Waals surface area contributed by atoms with Crippen molar-refractivity contribution in [3.05, 3.63) is 101 Å². The first-order valence-electron chi connectivity index (χ1n) is 10.6. The van der Waals surface area contributed by atoms with Gasteiger partial charge in [0.15, 0.2) is 17.2 Å². The van der Waals surface area contributed by atoms with Gasteiger partial charge in [-0.15, -0.1) is 10.2 Å². The molecule has 0 spiro atoms. The number of hydrogen-bond donors (Lipinski definition) is 1. The first-order valence-corrected chi connectivity index (χ1v) is 12.8. The Bertz CT molecular complexity index is 1720. The van der Waals surface area contributed by atoms with Gasteiger partial charge >= 0.3 is 0 Å². The van der Waals surface area contributed by atoms with Crippen LogP contribution in [0, 0.1) is 18.6 Å². The minimum atomic E-state index is -3.90. The van der Waals surface area contributed by atoms with Crippen molar-refractivity contribution in [3.63, 3.8) is 0 Å². The van der Waals surface area contributed by atoms with E-state index in [1.54, 1.807) is 47.9 Å². The third kappa shape index (κ3) is 4.79. The molecule has 0 atom stereocenters. The fourth-order valence-corrected chi connectivity index (χ4v) is 5.24. The average molecular weight is 571 g/mol. The van der Waals surface area contributed by atoms with E-state index in [9.17, 15) is 17.2 Å². The van der Waals surface area contributed by atoms with Crippen LogP contribution in [0.1, 0.15) is 5.82 Å². The molecule has 0 aliphatic heterocycles. The SMILES string of the molecule is Cc1nnc2ccc(-c3cc(NS(=O)(=O)c4cccc(Br)c4)ccc3Oc3ccc(F)cc3F)cn12. The van der Waals surface area contributed by atoms with Crippen LogP contribution >= 0.6 is 15.9 Å². The van der Waals surface area contributed by atoms with Gasteiger partial charge in [0.1, 0.15) is 17.4 Å². The van der Waals surface area contributed by atoms with Crippen molar-refractivity contribution in [2.24, 2.45) is 0 Å². The molecule has 182 valence electrons. The molecule has 0 bridgehead atoms. The molecule has 36 heavy (non-hydrogen) atoms. The van der Waals surface area contributed by atoms with Gasteiger partial charge in [-0.1, -0.05) is 22.0 Å². The Kier molecular flexibility index (Phi) is 6.19. The lowest BCUT2D eigenvalue weighted by Gasteiger charge is -2.15. The Morgan fingerprint density at radius 1 is 0.944 bits per heavy atom. The monoisotopic (exact) mass is 570 g/mol. The maximum Gasteiger partial charge on any atom is 0.261 e. The van der Waals surface area contributed by atoms with Gasteiger partial charge in [0.25, 0.3) is 10.0 Å². The topological polar surface area (TPSA) is 85.6 Å². The summed E-state index contributed by atoms with van der Waals surface area (Å²) < 4.78 is 64.4. The predicted molar refractivity (Wildman–Crippen MR) is 135 cm³/mol. The predicted octanol–water partition coefficient (Wildman–Crippen LogP) is 6.34. The number of halogens is 3. The van der Waals surface area contributed by atoms with E-state index in [2.05, 4.69) is 30.8 Å². The summed E-state index contributed by atoms with van der Waals surface area (Å²) in [4.78, 5) is 0.0775. The van der Waals surface area contributed by atoms with Gasteiger partial charge in [-0.3, -0.25) is 9.12 Å². The first-order chi connectivity index (χ1) is 17.2. The Morgan fingerprint density at radius 3 is 2.53 bits per heavy atom. The summed E-state index contributed by atoms with van der Waals surface area (Å²) in [5, 5.41) is 8.12. The number of pyridine rings is 1. The van der Waals surface area contributed by atoms with Gasteiger partial charge in [0.2, 0.25) is 0 Å². The molecule has 2 aromatic heterocycles. The molecule has 0 aliphatic carbocycles. The molecule has 2 heterocycles. The van der Waals surface area contributed by atoms with Crippen LogP contribution in [0.15, 0.2) is 88.4 Å². The van der Waals surface area contributed by atoms with Crippen molar-refractivity contribution in [3.8, 4) is 22.6 Å². The number of aryl methyl sites for hydroxylation is 1. The molecule has 0 radical (unpaired) electrons. The number of sulfonamides is 1. The molecule has 5 aromatic rings. The lowest BCUT2D eigenvalue weighted by atomic mass is 10.1. The van der Waals surface area contributed by atoms with Gasteiger partial charge < -0.3 is 4.74 Å². The second-order valence-corrected chi connectivity index (χ2v) is 10.4. The molecule has 0 amide bonds. The quantitative estimate of drug-likeness (QED) is 0.257. The van der Waals surface area contributed by atoms with E-state index in [4.69, 9.17) is 4.74 Å². The maximum atomic E-state index is 14.3. The van der Waals surface area contributed by atoms with E-state index >= 15 is 0 Å². The number of rotatable bonds is 6. The maximum absolute atomic E-state index is 14.3. The minimum Gasteiger partial charge on any atom is -0.454 e. The fraction of sp³-hybridized carbons (Fsp3) is 0.0400. The second kappa shape index (κ2) is 9.32. The largest absolute Gasteiger partial charge is 0.454 e. The molecule has 1 N–H and O–H groups in total. The molecule has 0 aliphatic rings. The lowest BCUT2D eigenvalue weighted by Crippen LogP contribution is -2.13. The molecule has 5 rings (SSSR count). The zero-order valence-electron chi connectivity index (χ0n) is 18.6. The van der Waals surface area contributed by atoms with Gasteiger partial charge in [-0.25, -0.2) is 17.2 Å². The normalized spacial score (nSPS) is 11.6. The molecular formula is C25H17BrF2N4O3S. The van der Waals surface area contributed by atoms with Crippen LogP contribution in [-0.2, 0) is 10.0 Å². The number of anilines is 1. The Hall–Kier alpha value is -3.83. The fourth-order valence-electron chi connectivity index (χ4n) is 3.60. The van der Waals surface area contributed by atoms with E-state index in [0.29, 0.717) is 27.1 Å². The molecule has 0 saturated carbocycles. The smallest absolute Gasteiger partial charge is 0.261 e. The number of fused-ring (bicyclic) bond motifs is 1. The van der Waals surface area contributed by atoms with Crippen LogP contribution in [0.2, 0.25) is 0 Å². The molecule has 0 saturated heterocycles. The van der Waals surface area contributed by atoms with Crippen LogP contribution < -0.4 is 9.46 Å². The Labute approximate surface area is 213 Å². The van der Waals surface area contributed by atoms with Crippen LogP contribution in [0.5, 0.6) is 11.5 Å². The van der Waals surface area contributed by atoms with Crippen molar-refractivity contribution in [1.29, 1.82) is 0 Å². The number of nitrogens with one attached hydrogen (secondary N) is 1. The highest BCUT2D eigenvalue weighted by atomic mass is 79.9. The van der Waals surface area contributed by atoms with Gasteiger partial charge in [0, 0.05) is 33.6 Å². The number of nitrogens with zero attached hydrogens (tertiary/aromatic N) is 3. The van der Waals surface area contributed by atoms with E-state index in [1.165, 1.54) is 30.3 Å². The summed E-state index contributed by atoms with van der Waals surface area (Å²) in [6, 6.07) is 17.4. The highest BCUT2D eigenvalue weighted by Crippen LogP contribution is 2.37. The number of ether oxygens (including phenoxy) is 1. The third-order valence-electron chi connectivity index (χ3n) is 5.34. The van der Waals surface area contributed by atoms with Crippen LogP contribution in [0.3, 0.4) is 0 Å². The first kappa shape index (κ1) is 23.9. The van der Waals surface area contributed by atoms with Gasteiger partial charge in [-0.2, -0.15) is 0 Å². The van der Waals surface area contributed by atoms with Crippen molar-refractivity contribution in [1.82, 2.24) is 14.6 Å².